The fourth-order valence-corrected chi connectivity index (χ4v) is 1.50. The lowest BCUT2D eigenvalue weighted by Crippen LogP contribution is -2.16. The molecule has 17 heavy (non-hydrogen) atoms. The van der Waals surface area contributed by atoms with Gasteiger partial charge in [-0.25, -0.2) is 8.78 Å². The van der Waals surface area contributed by atoms with Crippen LogP contribution in [0.4, 0.5) is 14.5 Å². The second kappa shape index (κ2) is 4.14. The van der Waals surface area contributed by atoms with Gasteiger partial charge < -0.3 is 16.0 Å². The van der Waals surface area contributed by atoms with Crippen LogP contribution in [0.5, 0.6) is 0 Å². The first kappa shape index (κ1) is 11.5. The standard InChI is InChI=1S/C11H9F2N3S/c1-5(11(14)17)16-10-4-15-9-3-8(13)7(12)2-6(9)10/h2-4,15-16H,1H2,(H2,14,17). The normalized spacial score (nSPS) is 10.5. The van der Waals surface area contributed by atoms with Gasteiger partial charge in [-0.05, 0) is 6.07 Å². The molecule has 0 aliphatic carbocycles. The van der Waals surface area contributed by atoms with Crippen molar-refractivity contribution >= 4 is 33.8 Å². The number of halogens is 2. The molecule has 0 unspecified atom stereocenters. The van der Waals surface area contributed by atoms with E-state index in [1.54, 1.807) is 6.20 Å². The van der Waals surface area contributed by atoms with Crippen molar-refractivity contribution in [2.45, 2.75) is 0 Å². The molecule has 0 aliphatic heterocycles. The molecule has 0 atom stereocenters. The molecule has 88 valence electrons. The topological polar surface area (TPSA) is 53.8 Å². The summed E-state index contributed by atoms with van der Waals surface area (Å²) in [6.07, 6.45) is 1.56. The van der Waals surface area contributed by atoms with Gasteiger partial charge in [0.2, 0.25) is 0 Å². The van der Waals surface area contributed by atoms with E-state index in [1.807, 2.05) is 0 Å². The Morgan fingerprint density at radius 3 is 2.65 bits per heavy atom. The molecule has 2 aromatic rings. The average molecular weight is 253 g/mol. The van der Waals surface area contributed by atoms with E-state index in [1.165, 1.54) is 0 Å². The first-order valence-corrected chi connectivity index (χ1v) is 5.11. The van der Waals surface area contributed by atoms with Crippen LogP contribution in [0, 0.1) is 11.6 Å². The zero-order valence-corrected chi connectivity index (χ0v) is 9.50. The van der Waals surface area contributed by atoms with Crippen LogP contribution in [0.3, 0.4) is 0 Å². The van der Waals surface area contributed by atoms with E-state index < -0.39 is 11.6 Å². The number of aromatic nitrogens is 1. The molecule has 1 aromatic heterocycles. The highest BCUT2D eigenvalue weighted by Crippen LogP contribution is 2.26. The predicted octanol–water partition coefficient (Wildman–Crippen LogP) is 2.66. The minimum atomic E-state index is -0.916. The van der Waals surface area contributed by atoms with Crippen molar-refractivity contribution in [2.75, 3.05) is 5.32 Å². The second-order valence-electron chi connectivity index (χ2n) is 3.48. The van der Waals surface area contributed by atoms with Gasteiger partial charge in [0.25, 0.3) is 0 Å². The lowest BCUT2D eigenvalue weighted by molar-refractivity contribution is 0.511. The quantitative estimate of drug-likeness (QED) is 0.582. The Morgan fingerprint density at radius 2 is 2.00 bits per heavy atom. The first-order valence-electron chi connectivity index (χ1n) is 4.71. The summed E-state index contributed by atoms with van der Waals surface area (Å²) >= 11 is 4.73. The monoisotopic (exact) mass is 253 g/mol. The van der Waals surface area contributed by atoms with Crippen molar-refractivity contribution in [2.24, 2.45) is 5.73 Å². The van der Waals surface area contributed by atoms with Gasteiger partial charge in [0, 0.05) is 17.6 Å². The molecule has 1 aromatic carbocycles. The molecule has 0 aliphatic rings. The highest BCUT2D eigenvalue weighted by Gasteiger charge is 2.10. The van der Waals surface area contributed by atoms with Gasteiger partial charge in [0.1, 0.15) is 4.99 Å². The maximum Gasteiger partial charge on any atom is 0.160 e. The van der Waals surface area contributed by atoms with Crippen LogP contribution in [0.1, 0.15) is 0 Å². The van der Waals surface area contributed by atoms with Gasteiger partial charge in [0.15, 0.2) is 11.6 Å². The molecule has 4 N–H and O–H groups in total. The Labute approximate surface area is 101 Å². The molecule has 0 amide bonds. The summed E-state index contributed by atoms with van der Waals surface area (Å²) in [4.78, 5) is 2.92. The number of H-pyrrole nitrogens is 1. The van der Waals surface area contributed by atoms with Crippen molar-refractivity contribution in [1.29, 1.82) is 0 Å². The summed E-state index contributed by atoms with van der Waals surface area (Å²) in [5.74, 6) is -1.82. The maximum absolute atomic E-state index is 13.1. The highest BCUT2D eigenvalue weighted by molar-refractivity contribution is 7.80. The van der Waals surface area contributed by atoms with Crippen LogP contribution in [0.25, 0.3) is 10.9 Å². The molecule has 0 saturated heterocycles. The summed E-state index contributed by atoms with van der Waals surface area (Å²) in [6.45, 7) is 3.62. The molecule has 6 heteroatoms. The number of hydrogen-bond acceptors (Lipinski definition) is 2. The fourth-order valence-electron chi connectivity index (χ4n) is 1.44. The third kappa shape index (κ3) is 2.12. The molecular formula is C11H9F2N3S. The van der Waals surface area contributed by atoms with Gasteiger partial charge >= 0.3 is 0 Å². The summed E-state index contributed by atoms with van der Waals surface area (Å²) in [5, 5.41) is 3.33. The van der Waals surface area contributed by atoms with E-state index >= 15 is 0 Å². The Balaban J connectivity index is 2.46. The fraction of sp³-hybridized carbons (Fsp3) is 0. The van der Waals surface area contributed by atoms with Crippen molar-refractivity contribution in [3.05, 3.63) is 42.2 Å². The Hall–Kier alpha value is -1.95. The molecule has 3 nitrogen and oxygen atoms in total. The Bertz CT molecular complexity index is 618. The van der Waals surface area contributed by atoms with E-state index in [0.29, 0.717) is 22.3 Å². The van der Waals surface area contributed by atoms with Crippen LogP contribution in [0.15, 0.2) is 30.6 Å². The number of nitrogens with two attached hydrogens (primary N) is 1. The molecule has 2 rings (SSSR count). The zero-order valence-electron chi connectivity index (χ0n) is 8.68. The summed E-state index contributed by atoms with van der Waals surface area (Å²) in [5.41, 5.74) is 6.73. The number of nitrogens with one attached hydrogen (secondary N) is 2. The SMILES string of the molecule is C=C(Nc1c[nH]c2cc(F)c(F)cc12)C(N)=S. The summed E-state index contributed by atoms with van der Waals surface area (Å²) < 4.78 is 26.1. The predicted molar refractivity (Wildman–Crippen MR) is 67.8 cm³/mol. The van der Waals surface area contributed by atoms with Gasteiger partial charge in [0.05, 0.1) is 16.9 Å². The molecule has 1 heterocycles. The molecule has 0 fully saturated rings. The number of hydrogen-bond donors (Lipinski definition) is 3. The van der Waals surface area contributed by atoms with Gasteiger partial charge in [-0.3, -0.25) is 0 Å². The second-order valence-corrected chi connectivity index (χ2v) is 3.92. The Morgan fingerprint density at radius 1 is 1.35 bits per heavy atom. The van der Waals surface area contributed by atoms with Crippen LogP contribution in [0.2, 0.25) is 0 Å². The lowest BCUT2D eigenvalue weighted by atomic mass is 10.2. The largest absolute Gasteiger partial charge is 0.388 e. The average Bonchev–Trinajstić information content (AvgIpc) is 2.62. The third-order valence-electron chi connectivity index (χ3n) is 2.31. The van der Waals surface area contributed by atoms with Gasteiger partial charge in [-0.1, -0.05) is 18.8 Å². The van der Waals surface area contributed by atoms with E-state index in [4.69, 9.17) is 18.0 Å². The number of aromatic amines is 1. The number of rotatable bonds is 3. The van der Waals surface area contributed by atoms with Gasteiger partial charge in [-0.2, -0.15) is 0 Å². The van der Waals surface area contributed by atoms with Crippen LogP contribution < -0.4 is 11.1 Å². The van der Waals surface area contributed by atoms with Crippen molar-refractivity contribution < 1.29 is 8.78 Å². The number of benzene rings is 1. The van der Waals surface area contributed by atoms with E-state index in [-0.39, 0.29) is 4.99 Å². The molecular weight excluding hydrogens is 244 g/mol. The molecule has 0 saturated carbocycles. The zero-order chi connectivity index (χ0) is 12.6. The van der Waals surface area contributed by atoms with Gasteiger partial charge in [-0.15, -0.1) is 0 Å². The van der Waals surface area contributed by atoms with E-state index in [9.17, 15) is 8.78 Å². The minimum Gasteiger partial charge on any atom is -0.388 e. The summed E-state index contributed by atoms with van der Waals surface area (Å²) in [7, 11) is 0. The summed E-state index contributed by atoms with van der Waals surface area (Å²) in [6, 6.07) is 2.18. The number of anilines is 1. The maximum atomic E-state index is 13.1. The number of fused-ring (bicyclic) bond motifs is 1. The van der Waals surface area contributed by atoms with E-state index in [0.717, 1.165) is 12.1 Å². The van der Waals surface area contributed by atoms with Crippen LogP contribution in [-0.4, -0.2) is 9.97 Å². The lowest BCUT2D eigenvalue weighted by Gasteiger charge is -2.06. The van der Waals surface area contributed by atoms with E-state index in [2.05, 4.69) is 16.9 Å². The molecule has 0 radical (unpaired) electrons. The molecule has 0 bridgehead atoms. The van der Waals surface area contributed by atoms with Crippen molar-refractivity contribution in [1.82, 2.24) is 4.98 Å². The first-order chi connectivity index (χ1) is 7.99. The minimum absolute atomic E-state index is 0.113. The third-order valence-corrected chi connectivity index (χ3v) is 2.55. The van der Waals surface area contributed by atoms with Crippen molar-refractivity contribution in [3.8, 4) is 0 Å². The smallest absolute Gasteiger partial charge is 0.160 e. The van der Waals surface area contributed by atoms with Crippen LogP contribution in [-0.2, 0) is 0 Å². The molecule has 0 spiro atoms. The van der Waals surface area contributed by atoms with Crippen LogP contribution >= 0.6 is 12.2 Å². The highest BCUT2D eigenvalue weighted by atomic mass is 32.1. The Kier molecular flexibility index (Phi) is 2.81. The number of thiocarbonyl (C=S) groups is 1. The van der Waals surface area contributed by atoms with Crippen molar-refractivity contribution in [3.63, 3.8) is 0 Å².